The van der Waals surface area contributed by atoms with Crippen LogP contribution < -0.4 is 10.1 Å². The van der Waals surface area contributed by atoms with E-state index in [0.717, 1.165) is 43.2 Å². The van der Waals surface area contributed by atoms with Crippen molar-refractivity contribution in [2.75, 3.05) is 18.2 Å². The fraction of sp³-hybridized carbons (Fsp3) is 0.407. The number of carbonyl (C=O) groups excluding carboxylic acids is 2. The Morgan fingerprint density at radius 1 is 1.24 bits per heavy atom. The maximum absolute atomic E-state index is 13.0. The van der Waals surface area contributed by atoms with Gasteiger partial charge < -0.3 is 14.8 Å². The number of anilines is 1. The normalized spacial score (nSPS) is 13.2. The zero-order valence-corrected chi connectivity index (χ0v) is 23.9. The number of aromatic nitrogens is 3. The first-order chi connectivity index (χ1) is 18.4. The summed E-state index contributed by atoms with van der Waals surface area (Å²) in [5.74, 6) is 0.806. The summed E-state index contributed by atoms with van der Waals surface area (Å²) in [7, 11) is 1.37. The first-order valence-electron chi connectivity index (χ1n) is 12.5. The third-order valence-corrected chi connectivity index (χ3v) is 8.65. The van der Waals surface area contributed by atoms with E-state index in [4.69, 9.17) is 21.1 Å². The second-order valence-corrected chi connectivity index (χ2v) is 11.4. The average Bonchev–Trinajstić information content (AvgIpc) is 3.42. The number of thiophene rings is 1. The molecule has 0 radical (unpaired) electrons. The number of methoxy groups -OCH3 is 1. The molecule has 4 rings (SSSR count). The molecule has 0 bridgehead atoms. The van der Waals surface area contributed by atoms with Gasteiger partial charge in [0, 0.05) is 16.4 Å². The molecular formula is C27H31ClN4O4S2. The first-order valence-corrected chi connectivity index (χ1v) is 14.7. The molecule has 1 aliphatic rings. The quantitative estimate of drug-likeness (QED) is 0.174. The Kier molecular flexibility index (Phi) is 9.87. The zero-order chi connectivity index (χ0) is 27.1. The predicted molar refractivity (Wildman–Crippen MR) is 152 cm³/mol. The molecule has 202 valence electrons. The highest BCUT2D eigenvalue weighted by Gasteiger charge is 2.26. The topological polar surface area (TPSA) is 95.3 Å². The van der Waals surface area contributed by atoms with E-state index in [9.17, 15) is 9.59 Å². The van der Waals surface area contributed by atoms with E-state index in [-0.39, 0.29) is 18.3 Å². The molecular weight excluding hydrogens is 544 g/mol. The smallest absolute Gasteiger partial charge is 0.341 e. The van der Waals surface area contributed by atoms with Gasteiger partial charge in [-0.25, -0.2) is 4.79 Å². The number of nitrogens with one attached hydrogen (secondary N) is 1. The number of hydrogen-bond donors (Lipinski definition) is 1. The molecule has 11 heteroatoms. The van der Waals surface area contributed by atoms with Crippen molar-refractivity contribution >= 4 is 51.6 Å². The Morgan fingerprint density at radius 3 is 2.76 bits per heavy atom. The van der Waals surface area contributed by atoms with E-state index in [1.807, 2.05) is 23.6 Å². The van der Waals surface area contributed by atoms with Crippen molar-refractivity contribution in [1.29, 1.82) is 0 Å². The number of rotatable bonds is 10. The average molecular weight is 575 g/mol. The highest BCUT2D eigenvalue weighted by Crippen LogP contribution is 2.37. The molecule has 8 nitrogen and oxygen atoms in total. The third-order valence-electron chi connectivity index (χ3n) is 6.25. The fourth-order valence-corrected chi connectivity index (χ4v) is 6.67. The Labute approximate surface area is 235 Å². The monoisotopic (exact) mass is 574 g/mol. The molecule has 1 amide bonds. The molecule has 1 aromatic carbocycles. The molecule has 0 fully saturated rings. The Balaban J connectivity index is 1.44. The van der Waals surface area contributed by atoms with Crippen LogP contribution in [0.4, 0.5) is 5.00 Å². The summed E-state index contributed by atoms with van der Waals surface area (Å²) in [4.78, 5) is 26.8. The van der Waals surface area contributed by atoms with Gasteiger partial charge in [-0.3, -0.25) is 9.36 Å². The lowest BCUT2D eigenvalue weighted by Crippen LogP contribution is -2.17. The van der Waals surface area contributed by atoms with Crippen LogP contribution in [-0.4, -0.2) is 39.5 Å². The molecule has 0 unspecified atom stereocenters. The summed E-state index contributed by atoms with van der Waals surface area (Å²) < 4.78 is 12.9. The maximum atomic E-state index is 13.0. The van der Waals surface area contributed by atoms with Gasteiger partial charge in [0.05, 0.1) is 18.4 Å². The minimum atomic E-state index is -0.405. The standard InChI is InChI=1S/C27H31ClN4O4S2/c1-4-13-32-22(15-36-20-12-11-18(28)14-17(20)2)30-31-27(32)37-16-23(33)29-25-24(26(34)35-3)19-9-7-5-6-8-10-21(19)38-25/h4,11-12,14H,1,5-10,13,15-16H2,2-3H3,(H,29,33). The van der Waals surface area contributed by atoms with Gasteiger partial charge in [0.1, 0.15) is 17.4 Å². The predicted octanol–water partition coefficient (Wildman–Crippen LogP) is 6.24. The number of hydrogen-bond acceptors (Lipinski definition) is 8. The Morgan fingerprint density at radius 2 is 2.03 bits per heavy atom. The molecule has 38 heavy (non-hydrogen) atoms. The van der Waals surface area contributed by atoms with Gasteiger partial charge in [-0.05, 0) is 61.9 Å². The van der Waals surface area contributed by atoms with Crippen LogP contribution in [0.5, 0.6) is 5.75 Å². The van der Waals surface area contributed by atoms with Crippen molar-refractivity contribution in [2.24, 2.45) is 0 Å². The Hall–Kier alpha value is -2.82. The molecule has 2 aromatic heterocycles. The van der Waals surface area contributed by atoms with Crippen LogP contribution in [0.15, 0.2) is 36.0 Å². The number of amides is 1. The SMILES string of the molecule is C=CCn1c(COc2ccc(Cl)cc2C)nnc1SCC(=O)Nc1sc2c(c1C(=O)OC)CCCCCC2. The summed E-state index contributed by atoms with van der Waals surface area (Å²) in [6, 6.07) is 5.43. The molecule has 0 saturated carbocycles. The van der Waals surface area contributed by atoms with E-state index in [1.165, 1.54) is 41.5 Å². The summed E-state index contributed by atoms with van der Waals surface area (Å²) in [5, 5.41) is 13.3. The number of thioether (sulfide) groups is 1. The van der Waals surface area contributed by atoms with Crippen molar-refractivity contribution in [2.45, 2.75) is 63.8 Å². The van der Waals surface area contributed by atoms with Crippen LogP contribution in [-0.2, 0) is 35.5 Å². The number of allylic oxidation sites excluding steroid dienone is 1. The fourth-order valence-electron chi connectivity index (χ4n) is 4.38. The van der Waals surface area contributed by atoms with Crippen molar-refractivity contribution in [3.63, 3.8) is 0 Å². The van der Waals surface area contributed by atoms with Gasteiger partial charge in [0.15, 0.2) is 11.0 Å². The molecule has 1 aliphatic carbocycles. The second-order valence-electron chi connectivity index (χ2n) is 8.95. The van der Waals surface area contributed by atoms with E-state index < -0.39 is 5.97 Å². The van der Waals surface area contributed by atoms with E-state index >= 15 is 0 Å². The summed E-state index contributed by atoms with van der Waals surface area (Å²) in [5.41, 5.74) is 2.45. The molecule has 1 N–H and O–H groups in total. The van der Waals surface area contributed by atoms with Crippen LogP contribution >= 0.6 is 34.7 Å². The van der Waals surface area contributed by atoms with Gasteiger partial charge in [0.25, 0.3) is 0 Å². The highest BCUT2D eigenvalue weighted by molar-refractivity contribution is 7.99. The van der Waals surface area contributed by atoms with Crippen molar-refractivity contribution in [1.82, 2.24) is 14.8 Å². The van der Waals surface area contributed by atoms with Crippen molar-refractivity contribution in [3.05, 3.63) is 63.3 Å². The first kappa shape index (κ1) is 28.2. The van der Waals surface area contributed by atoms with Crippen LogP contribution in [0.25, 0.3) is 0 Å². The number of nitrogens with zero attached hydrogens (tertiary/aromatic N) is 3. The van der Waals surface area contributed by atoms with Gasteiger partial charge >= 0.3 is 5.97 Å². The summed E-state index contributed by atoms with van der Waals surface area (Å²) >= 11 is 8.79. The molecule has 3 aromatic rings. The lowest BCUT2D eigenvalue weighted by atomic mass is 9.96. The van der Waals surface area contributed by atoms with Gasteiger partial charge in [-0.1, -0.05) is 42.3 Å². The third kappa shape index (κ3) is 6.78. The van der Waals surface area contributed by atoms with Crippen LogP contribution in [0.2, 0.25) is 5.02 Å². The number of esters is 1. The largest absolute Gasteiger partial charge is 0.485 e. The van der Waals surface area contributed by atoms with Crippen molar-refractivity contribution in [3.8, 4) is 5.75 Å². The number of ether oxygens (including phenoxy) is 2. The van der Waals surface area contributed by atoms with Gasteiger partial charge in [-0.15, -0.1) is 28.1 Å². The number of fused-ring (bicyclic) bond motifs is 1. The van der Waals surface area contributed by atoms with Crippen LogP contribution in [0.1, 0.15) is 57.9 Å². The molecule has 0 aliphatic heterocycles. The molecule has 2 heterocycles. The lowest BCUT2D eigenvalue weighted by Gasteiger charge is -2.11. The van der Waals surface area contributed by atoms with E-state index in [1.54, 1.807) is 12.1 Å². The molecule has 0 spiro atoms. The zero-order valence-electron chi connectivity index (χ0n) is 21.5. The van der Waals surface area contributed by atoms with Gasteiger partial charge in [0.2, 0.25) is 5.91 Å². The minimum Gasteiger partial charge on any atom is -0.485 e. The van der Waals surface area contributed by atoms with E-state index in [2.05, 4.69) is 22.1 Å². The second kappa shape index (κ2) is 13.3. The van der Waals surface area contributed by atoms with Crippen LogP contribution in [0.3, 0.4) is 0 Å². The number of carbonyl (C=O) groups is 2. The minimum absolute atomic E-state index is 0.107. The van der Waals surface area contributed by atoms with Crippen molar-refractivity contribution < 1.29 is 19.1 Å². The molecule has 0 atom stereocenters. The Bertz CT molecular complexity index is 1320. The number of benzene rings is 1. The lowest BCUT2D eigenvalue weighted by molar-refractivity contribution is -0.113. The summed E-state index contributed by atoms with van der Waals surface area (Å²) in [6.45, 7) is 6.43. The maximum Gasteiger partial charge on any atom is 0.341 e. The van der Waals surface area contributed by atoms with Gasteiger partial charge in [-0.2, -0.15) is 0 Å². The highest BCUT2D eigenvalue weighted by atomic mass is 35.5. The number of aryl methyl sites for hydroxylation is 2. The van der Waals surface area contributed by atoms with E-state index in [0.29, 0.717) is 38.9 Å². The summed E-state index contributed by atoms with van der Waals surface area (Å²) in [6.07, 6.45) is 7.92. The van der Waals surface area contributed by atoms with Crippen LogP contribution in [0, 0.1) is 6.92 Å². The molecule has 0 saturated heterocycles. The number of halogens is 1.